The van der Waals surface area contributed by atoms with E-state index in [1.807, 2.05) is 0 Å². The summed E-state index contributed by atoms with van der Waals surface area (Å²) in [5.41, 5.74) is 0.0609. The Labute approximate surface area is 118 Å². The Morgan fingerprint density at radius 2 is 2.38 bits per heavy atom. The highest BCUT2D eigenvalue weighted by molar-refractivity contribution is 5.64. The van der Waals surface area contributed by atoms with Crippen molar-refractivity contribution in [2.75, 3.05) is 6.61 Å². The molecule has 116 valence electrons. The van der Waals surface area contributed by atoms with E-state index in [0.29, 0.717) is 0 Å². The number of nitro groups is 1. The smallest absolute Gasteiger partial charge is 0.404 e. The molecule has 0 saturated carbocycles. The molecule has 10 heteroatoms. The molecule has 3 unspecified atom stereocenters. The number of hydrogen-bond acceptors (Lipinski definition) is 5. The van der Waals surface area contributed by atoms with Gasteiger partial charge >= 0.3 is 11.8 Å². The van der Waals surface area contributed by atoms with E-state index in [4.69, 9.17) is 9.84 Å². The molecule has 1 aliphatic rings. The molecule has 3 atom stereocenters. The average Bonchev–Trinajstić information content (AvgIpc) is 2.70. The van der Waals surface area contributed by atoms with Crippen LogP contribution in [0.4, 0.5) is 14.9 Å². The van der Waals surface area contributed by atoms with Gasteiger partial charge in [0.05, 0.1) is 17.6 Å². The van der Waals surface area contributed by atoms with Crippen LogP contribution >= 0.6 is 0 Å². The SMILES string of the molecule is Cn1ncc([N+](=O)[O-])c1C1CCC(NC(=O)O)C(F)CO1. The summed E-state index contributed by atoms with van der Waals surface area (Å²) in [6, 6.07) is -0.889. The number of carbonyl (C=O) groups is 1. The van der Waals surface area contributed by atoms with Crippen LogP contribution in [0.5, 0.6) is 0 Å². The number of nitrogens with zero attached hydrogens (tertiary/aromatic N) is 3. The van der Waals surface area contributed by atoms with Crippen LogP contribution in [0.2, 0.25) is 0 Å². The van der Waals surface area contributed by atoms with Crippen molar-refractivity contribution in [2.45, 2.75) is 31.2 Å². The number of halogens is 1. The van der Waals surface area contributed by atoms with Crippen molar-refractivity contribution in [3.8, 4) is 0 Å². The van der Waals surface area contributed by atoms with E-state index in [2.05, 4.69) is 10.4 Å². The van der Waals surface area contributed by atoms with E-state index in [0.717, 1.165) is 6.20 Å². The van der Waals surface area contributed by atoms with Crippen LogP contribution in [0.1, 0.15) is 24.6 Å². The third-order valence-corrected chi connectivity index (χ3v) is 3.41. The van der Waals surface area contributed by atoms with Gasteiger partial charge in [-0.1, -0.05) is 0 Å². The molecule has 0 spiro atoms. The second kappa shape index (κ2) is 6.04. The van der Waals surface area contributed by atoms with Crippen LogP contribution in [-0.4, -0.2) is 44.7 Å². The highest BCUT2D eigenvalue weighted by Crippen LogP contribution is 2.33. The van der Waals surface area contributed by atoms with Crippen molar-refractivity contribution < 1.29 is 24.0 Å². The van der Waals surface area contributed by atoms with Crippen LogP contribution in [0.25, 0.3) is 0 Å². The Balaban J connectivity index is 2.18. The number of carboxylic acid groups (broad SMARTS) is 1. The third kappa shape index (κ3) is 3.27. The molecule has 2 heterocycles. The summed E-state index contributed by atoms with van der Waals surface area (Å²) in [7, 11) is 1.54. The summed E-state index contributed by atoms with van der Waals surface area (Å²) in [4.78, 5) is 21.0. The summed E-state index contributed by atoms with van der Waals surface area (Å²) in [5.74, 6) is 0. The molecule has 1 amide bonds. The summed E-state index contributed by atoms with van der Waals surface area (Å²) >= 11 is 0. The number of hydrogen-bond donors (Lipinski definition) is 2. The maximum absolute atomic E-state index is 13.8. The molecule has 0 radical (unpaired) electrons. The van der Waals surface area contributed by atoms with Crippen molar-refractivity contribution >= 4 is 11.8 Å². The van der Waals surface area contributed by atoms with Gasteiger partial charge in [-0.25, -0.2) is 9.18 Å². The van der Waals surface area contributed by atoms with Gasteiger partial charge in [-0.15, -0.1) is 0 Å². The minimum atomic E-state index is -1.50. The quantitative estimate of drug-likeness (QED) is 0.638. The molecule has 21 heavy (non-hydrogen) atoms. The zero-order valence-electron chi connectivity index (χ0n) is 11.2. The minimum absolute atomic E-state index is 0.181. The highest BCUT2D eigenvalue weighted by Gasteiger charge is 2.34. The van der Waals surface area contributed by atoms with Gasteiger partial charge in [0.2, 0.25) is 0 Å². The molecule has 0 aliphatic carbocycles. The lowest BCUT2D eigenvalue weighted by Crippen LogP contribution is -2.41. The Morgan fingerprint density at radius 1 is 1.67 bits per heavy atom. The lowest BCUT2D eigenvalue weighted by molar-refractivity contribution is -0.386. The lowest BCUT2D eigenvalue weighted by atomic mass is 10.0. The zero-order chi connectivity index (χ0) is 15.6. The van der Waals surface area contributed by atoms with Gasteiger partial charge in [-0.3, -0.25) is 14.8 Å². The summed E-state index contributed by atoms with van der Waals surface area (Å²) in [6.07, 6.45) is -1.96. The van der Waals surface area contributed by atoms with Crippen LogP contribution in [0.3, 0.4) is 0 Å². The Morgan fingerprint density at radius 3 is 3.00 bits per heavy atom. The molecule has 2 N–H and O–H groups in total. The van der Waals surface area contributed by atoms with Crippen molar-refractivity contribution in [1.82, 2.24) is 15.1 Å². The highest BCUT2D eigenvalue weighted by atomic mass is 19.1. The second-order valence-corrected chi connectivity index (χ2v) is 4.77. The van der Waals surface area contributed by atoms with E-state index < -0.39 is 29.3 Å². The van der Waals surface area contributed by atoms with E-state index >= 15 is 0 Å². The summed E-state index contributed by atoms with van der Waals surface area (Å²) in [6.45, 7) is -0.335. The maximum atomic E-state index is 13.8. The van der Waals surface area contributed by atoms with Crippen molar-refractivity contribution in [3.05, 3.63) is 22.0 Å². The lowest BCUT2D eigenvalue weighted by Gasteiger charge is -2.16. The topological polar surface area (TPSA) is 120 Å². The standard InChI is InChI=1S/C11H15FN4O5/c1-15-10(8(4-13-15)16(19)20)9-3-2-7(14-11(17)18)6(12)5-21-9/h4,6-7,9,14H,2-3,5H2,1H3,(H,17,18). The average molecular weight is 302 g/mol. The minimum Gasteiger partial charge on any atom is -0.465 e. The van der Waals surface area contributed by atoms with Gasteiger partial charge < -0.3 is 15.2 Å². The molecule has 0 aromatic carbocycles. The third-order valence-electron chi connectivity index (χ3n) is 3.41. The van der Waals surface area contributed by atoms with E-state index in [-0.39, 0.29) is 30.8 Å². The van der Waals surface area contributed by atoms with E-state index in [1.54, 1.807) is 0 Å². The first-order valence-corrected chi connectivity index (χ1v) is 6.31. The molecule has 1 aromatic heterocycles. The molecule has 1 aliphatic heterocycles. The first kappa shape index (κ1) is 15.2. The number of ether oxygens (including phenoxy) is 1. The molecular formula is C11H15FN4O5. The molecule has 1 fully saturated rings. The van der Waals surface area contributed by atoms with Gasteiger partial charge in [0, 0.05) is 7.05 Å². The van der Waals surface area contributed by atoms with Gasteiger partial charge in [0.15, 0.2) is 0 Å². The predicted molar refractivity (Wildman–Crippen MR) is 67.6 cm³/mol. The van der Waals surface area contributed by atoms with Crippen LogP contribution in [0, 0.1) is 10.1 Å². The monoisotopic (exact) mass is 302 g/mol. The summed E-state index contributed by atoms with van der Waals surface area (Å²) < 4.78 is 20.5. The second-order valence-electron chi connectivity index (χ2n) is 4.77. The first-order valence-electron chi connectivity index (χ1n) is 6.31. The fourth-order valence-corrected chi connectivity index (χ4v) is 2.41. The number of alkyl halides is 1. The Kier molecular flexibility index (Phi) is 4.36. The van der Waals surface area contributed by atoms with Crippen LogP contribution < -0.4 is 5.32 Å². The largest absolute Gasteiger partial charge is 0.465 e. The summed E-state index contributed by atoms with van der Waals surface area (Å²) in [5, 5.41) is 25.6. The van der Waals surface area contributed by atoms with Crippen LogP contribution in [-0.2, 0) is 11.8 Å². The molecule has 2 rings (SSSR count). The zero-order valence-corrected chi connectivity index (χ0v) is 11.2. The van der Waals surface area contributed by atoms with Crippen molar-refractivity contribution in [2.24, 2.45) is 7.05 Å². The Hall–Kier alpha value is -2.23. The van der Waals surface area contributed by atoms with Gasteiger partial charge in [0.1, 0.15) is 24.2 Å². The van der Waals surface area contributed by atoms with Crippen LogP contribution in [0.15, 0.2) is 6.20 Å². The first-order chi connectivity index (χ1) is 9.90. The molecular weight excluding hydrogens is 287 g/mol. The van der Waals surface area contributed by atoms with E-state index in [1.165, 1.54) is 11.7 Å². The number of amides is 1. The number of aryl methyl sites for hydroxylation is 1. The number of nitrogens with one attached hydrogen (secondary N) is 1. The van der Waals surface area contributed by atoms with E-state index in [9.17, 15) is 19.3 Å². The Bertz CT molecular complexity index is 549. The van der Waals surface area contributed by atoms with Crippen molar-refractivity contribution in [1.29, 1.82) is 0 Å². The fraction of sp³-hybridized carbons (Fsp3) is 0.636. The van der Waals surface area contributed by atoms with Crippen molar-refractivity contribution in [3.63, 3.8) is 0 Å². The maximum Gasteiger partial charge on any atom is 0.404 e. The number of aromatic nitrogens is 2. The predicted octanol–water partition coefficient (Wildman–Crippen LogP) is 1.15. The van der Waals surface area contributed by atoms with Gasteiger partial charge in [0.25, 0.3) is 0 Å². The molecule has 0 bridgehead atoms. The molecule has 1 saturated heterocycles. The van der Waals surface area contributed by atoms with Gasteiger partial charge in [-0.2, -0.15) is 5.10 Å². The molecule has 9 nitrogen and oxygen atoms in total. The van der Waals surface area contributed by atoms with Gasteiger partial charge in [-0.05, 0) is 12.8 Å². The normalized spacial score (nSPS) is 26.1. The fourth-order valence-electron chi connectivity index (χ4n) is 2.41. The molecule has 1 aromatic rings. The number of rotatable bonds is 3.